The predicted molar refractivity (Wildman–Crippen MR) is 631 cm³/mol. The molecule has 0 bridgehead atoms. The molecule has 9 heterocycles. The number of likely N-dealkylation sites (N-methyl/N-ethyl adjacent to an activating group) is 2. The van der Waals surface area contributed by atoms with Crippen molar-refractivity contribution < 1.29 is 11.9 Å². The fourth-order valence-electron chi connectivity index (χ4n) is 17.1. The van der Waals surface area contributed by atoms with Crippen molar-refractivity contribution >= 4 is 356 Å². The van der Waals surface area contributed by atoms with Gasteiger partial charge in [-0.15, -0.1) is 0 Å². The number of halogens is 12. The molecule has 0 fully saturated rings. The summed E-state index contributed by atoms with van der Waals surface area (Å²) in [5, 5.41) is 13.9. The second-order valence-electron chi connectivity index (χ2n) is 32.3. The van der Waals surface area contributed by atoms with E-state index >= 15 is 0 Å². The first-order valence-electron chi connectivity index (χ1n) is 42.8. The van der Waals surface area contributed by atoms with Crippen LogP contribution in [0, 0.1) is 0 Å². The van der Waals surface area contributed by atoms with E-state index in [0.717, 1.165) is 80.5 Å². The number of pyridine rings is 3. The summed E-state index contributed by atoms with van der Waals surface area (Å²) in [5.74, 6) is 0. The number of rotatable bonds is 9. The summed E-state index contributed by atoms with van der Waals surface area (Å²) < 4.78 is 11.9. The molecule has 0 aliphatic carbocycles. The second-order valence-corrected chi connectivity index (χ2v) is 74.2. The number of nitrogens with two attached hydrogens (primary N) is 1. The fraction of sp³-hybridized carbons (Fsp3) is 0.187. The van der Waals surface area contributed by atoms with Gasteiger partial charge in [0.05, 0.1) is 69.2 Å². The fourth-order valence-corrected chi connectivity index (χ4v) is 17.9. The molecule has 0 amide bonds. The number of fused-ring (bicyclic) bond motifs is 15. The SMILES string of the molecule is Brc1cccc(-c2ccccn2)c1.C.CC(I)(I)I.CC(I)I.CC1(C)c2cc(Br)ccc2-n2c3ccccc3c3cccc1c32.CC1(C)c2cc(N(c3cccc(-c4ccccn4)c3)c3cccc(-c4ccccn4)c3)ccc2-n2c3ccccc3c3cccc1c32.CC1(C)c2cc(N)ccc2-n2c3ccccc3c3cccc1c32.CCI.CNCCNC.[Cl][Pt]([Cl])([Cl])[Cl].[K][K]. The number of alkyl halides is 6. The number of hydrogen-bond acceptors (Lipinski definition) is 7. The summed E-state index contributed by atoms with van der Waals surface area (Å²) in [6.07, 6.45) is 5.50. The molecule has 18 aromatic rings. The maximum atomic E-state index is 6.10. The van der Waals surface area contributed by atoms with E-state index in [9.17, 15) is 0 Å². The van der Waals surface area contributed by atoms with E-state index in [2.05, 4.69) is 517 Å². The summed E-state index contributed by atoms with van der Waals surface area (Å²) in [6.45, 7) is 22.5. The molecular formula is C107H102Br2Cl4I6K2N10Pt. The van der Waals surface area contributed by atoms with E-state index < -0.39 is 11.9 Å². The number of aromatic nitrogens is 6. The zero-order valence-corrected chi connectivity index (χ0v) is 103. The van der Waals surface area contributed by atoms with Crippen LogP contribution in [0.15, 0.2) is 337 Å². The van der Waals surface area contributed by atoms with E-state index in [1.54, 1.807) is 6.20 Å². The molecule has 132 heavy (non-hydrogen) atoms. The van der Waals surface area contributed by atoms with Gasteiger partial charge in [0, 0.05) is 129 Å². The minimum absolute atomic E-state index is 0. The Morgan fingerprint density at radius 2 is 0.697 bits per heavy atom. The number of anilines is 4. The third-order valence-electron chi connectivity index (χ3n) is 22.6. The average Bonchev–Trinajstić information content (AvgIpc) is 1.52. The van der Waals surface area contributed by atoms with Gasteiger partial charge >= 0.3 is 113 Å². The van der Waals surface area contributed by atoms with Crippen LogP contribution in [0.4, 0.5) is 22.7 Å². The molecule has 25 heteroatoms. The van der Waals surface area contributed by atoms with Crippen LogP contribution < -0.4 is 21.3 Å². The van der Waals surface area contributed by atoms with E-state index in [4.69, 9.17) is 43.4 Å². The summed E-state index contributed by atoms with van der Waals surface area (Å²) >= 11 is 20.5. The topological polar surface area (TPSA) is 107 Å². The Morgan fingerprint density at radius 3 is 1.05 bits per heavy atom. The maximum absolute atomic E-state index is 6.10. The van der Waals surface area contributed by atoms with Gasteiger partial charge < -0.3 is 35.0 Å². The second kappa shape index (κ2) is 50.4. The molecule has 3 aliphatic heterocycles. The number of nitrogen functional groups attached to an aromatic ring is 1. The first-order chi connectivity index (χ1) is 62.7. The molecule has 12 aromatic carbocycles. The summed E-state index contributed by atoms with van der Waals surface area (Å²) in [6, 6.07) is 110. The quantitative estimate of drug-likeness (QED) is 0.0434. The van der Waals surface area contributed by atoms with Crippen molar-refractivity contribution in [1.82, 2.24) is 39.3 Å². The van der Waals surface area contributed by atoms with Gasteiger partial charge in [-0.05, 0) is 211 Å². The van der Waals surface area contributed by atoms with Crippen LogP contribution in [0.2, 0.25) is 0 Å². The molecule has 0 saturated carbocycles. The molecule has 0 radical (unpaired) electrons. The molecule has 21 rings (SSSR count). The van der Waals surface area contributed by atoms with Crippen LogP contribution in [-0.4, -0.2) is 125 Å². The molecule has 3 aliphatic rings. The van der Waals surface area contributed by atoms with E-state index in [-0.39, 0.29) is 23.7 Å². The Labute approximate surface area is 941 Å². The molecule has 0 atom stereocenters. The molecule has 10 nitrogen and oxygen atoms in total. The first kappa shape index (κ1) is 110. The Kier molecular flexibility index (Phi) is 42.0. The van der Waals surface area contributed by atoms with Gasteiger partial charge in [0.2, 0.25) is 0 Å². The third kappa shape index (κ3) is 26.7. The van der Waals surface area contributed by atoms with Crippen molar-refractivity contribution in [2.24, 2.45) is 0 Å². The van der Waals surface area contributed by atoms with Gasteiger partial charge in [-0.2, -0.15) is 0 Å². The van der Waals surface area contributed by atoms with Crippen LogP contribution in [0.25, 0.3) is 116 Å². The van der Waals surface area contributed by atoms with Crippen molar-refractivity contribution in [2.75, 3.05) is 42.2 Å². The summed E-state index contributed by atoms with van der Waals surface area (Å²) in [4.78, 5) is 15.9. The standard InChI is InChI=1S/C43H32N4.C21H16BrN.C21H18N2.C11H8BrN.C4H12N2.C2H3I3.C2H4I2.C2H5I.CH4.4ClH.2K.Pt/c1-43(2)36-18-11-17-35-34-16-3-4-21-40(34)47(42(35)36)41-23-22-33(28-37(41)43)46(31-14-9-12-29(26-31)38-19-5-7-24-44-38)32-15-10-13-30(27-32)39-20-6-8-25-45-39;2*1-21(2)16-8-5-7-15-14-6-3-4-9-18(14)23(20(15)16)19-11-10-13(22)12-17(19)21;12-10-5-3-4-9(8-10)11-6-1-2-7-13-11;1-5-3-4-6-2;1-2(3,4)5;1-2(3)4;1-2-3;;;;;;;;/h3-28H,1-2H3;3-12H,1-2H3;3-12H,22H2,1-2H3;1-8H;5-6H,3-4H2,1-2H3;1H3;2H,1H3;2H2,1H3;1H4;4*1H;;;/q;;;;;;;;;;;;;;;+4/p-4. The van der Waals surface area contributed by atoms with Crippen molar-refractivity contribution in [3.05, 3.63) is 370 Å². The normalized spacial score (nSPS) is 12.8. The van der Waals surface area contributed by atoms with E-state index in [1.807, 2.05) is 93.2 Å². The van der Waals surface area contributed by atoms with Gasteiger partial charge in [0.1, 0.15) is -0.565 Å². The number of nitrogens with one attached hydrogen (secondary N) is 2. The molecule has 6 aromatic heterocycles. The number of benzene rings is 12. The minimum atomic E-state index is -3.06. The molecule has 0 unspecified atom stereocenters. The van der Waals surface area contributed by atoms with Gasteiger partial charge in [0.15, 0.2) is 0 Å². The zero-order chi connectivity index (χ0) is 94.3. The van der Waals surface area contributed by atoms with Crippen molar-refractivity contribution in [2.45, 2.75) is 87.4 Å². The summed E-state index contributed by atoms with van der Waals surface area (Å²) in [7, 11) is 23.9. The van der Waals surface area contributed by atoms with E-state index in [0.29, 0.717) is -0.565 Å². The van der Waals surface area contributed by atoms with Crippen molar-refractivity contribution in [3.63, 3.8) is 0 Å². The molecule has 0 saturated heterocycles. The molecule has 4 N–H and O–H groups in total. The number of hydrogen-bond donors (Lipinski definition) is 3. The zero-order valence-electron chi connectivity index (χ0n) is 74.9. The Bertz CT molecular complexity index is 6670. The Balaban J connectivity index is 0.000000167. The van der Waals surface area contributed by atoms with Gasteiger partial charge in [-0.1, -0.05) is 387 Å². The Morgan fingerprint density at radius 1 is 0.409 bits per heavy atom. The predicted octanol–water partition coefficient (Wildman–Crippen LogP) is 34.4. The summed E-state index contributed by atoms with van der Waals surface area (Å²) in [5.41, 5.74) is 35.6. The molecule has 676 valence electrons. The molecular weight excluding hydrogens is 2760 g/mol. The van der Waals surface area contributed by atoms with Crippen molar-refractivity contribution in [1.29, 1.82) is 0 Å². The Hall–Kier alpha value is -2.53. The van der Waals surface area contributed by atoms with Gasteiger partial charge in [0.25, 0.3) is 0 Å². The van der Waals surface area contributed by atoms with Gasteiger partial charge in [-0.25, -0.2) is 0 Å². The van der Waals surface area contributed by atoms with Crippen molar-refractivity contribution in [3.8, 4) is 50.8 Å². The van der Waals surface area contributed by atoms with Crippen LogP contribution in [0.3, 0.4) is 0 Å². The van der Waals surface area contributed by atoms with Gasteiger partial charge in [-0.3, -0.25) is 15.0 Å². The van der Waals surface area contributed by atoms with Crippen LogP contribution >= 0.6 is 205 Å². The van der Waals surface area contributed by atoms with Crippen LogP contribution in [-0.2, 0) is 28.1 Å². The van der Waals surface area contributed by atoms with E-state index in [1.165, 1.54) is 183 Å². The monoisotopic (exact) mass is 2860 g/mol. The number of nitrogens with zero attached hydrogens (tertiary/aromatic N) is 7. The van der Waals surface area contributed by atoms with Crippen LogP contribution in [0.1, 0.15) is 103 Å². The first-order valence-corrected chi connectivity index (χ1v) is 78.9. The number of para-hydroxylation sites is 6. The average molecular weight is 2860 g/mol. The molecule has 0 spiro atoms. The third-order valence-corrected chi connectivity index (χ3v) is 23.6. The van der Waals surface area contributed by atoms with Crippen LogP contribution in [0.5, 0.6) is 0 Å².